The molecule has 2 aromatic carbocycles. The van der Waals surface area contributed by atoms with Gasteiger partial charge < -0.3 is 10.1 Å². The van der Waals surface area contributed by atoms with E-state index in [9.17, 15) is 4.39 Å². The second kappa shape index (κ2) is 7.57. The van der Waals surface area contributed by atoms with Gasteiger partial charge in [0, 0.05) is 11.6 Å². The number of ether oxygens (including phenoxy) is 1. The first-order valence-electron chi connectivity index (χ1n) is 7.01. The van der Waals surface area contributed by atoms with Crippen LogP contribution in [0.1, 0.15) is 31.0 Å². The molecule has 0 aliphatic rings. The molecule has 2 rings (SSSR count). The van der Waals surface area contributed by atoms with Crippen LogP contribution in [0, 0.1) is 5.82 Å². The van der Waals surface area contributed by atoms with Gasteiger partial charge in [0.1, 0.15) is 18.2 Å². The lowest BCUT2D eigenvalue weighted by Gasteiger charge is -2.13. The molecule has 0 heterocycles. The van der Waals surface area contributed by atoms with Crippen molar-refractivity contribution < 1.29 is 9.13 Å². The molecule has 112 valence electrons. The van der Waals surface area contributed by atoms with E-state index < -0.39 is 0 Å². The third-order valence-electron chi connectivity index (χ3n) is 3.32. The van der Waals surface area contributed by atoms with Crippen molar-refractivity contribution in [2.24, 2.45) is 0 Å². The fraction of sp³-hybridized carbons (Fsp3) is 0.294. The molecule has 0 aromatic heterocycles. The quantitative estimate of drug-likeness (QED) is 0.803. The third-order valence-corrected chi connectivity index (χ3v) is 4.20. The summed E-state index contributed by atoms with van der Waals surface area (Å²) in [6.45, 7) is 5.49. The Labute approximate surface area is 133 Å². The average molecular weight is 352 g/mol. The van der Waals surface area contributed by atoms with E-state index in [1.165, 1.54) is 11.6 Å². The molecule has 21 heavy (non-hydrogen) atoms. The van der Waals surface area contributed by atoms with Crippen LogP contribution >= 0.6 is 15.9 Å². The zero-order chi connectivity index (χ0) is 15.2. The predicted molar refractivity (Wildman–Crippen MR) is 87.0 cm³/mol. The monoisotopic (exact) mass is 351 g/mol. The van der Waals surface area contributed by atoms with E-state index in [0.717, 1.165) is 17.9 Å². The lowest BCUT2D eigenvalue weighted by Crippen LogP contribution is -2.17. The van der Waals surface area contributed by atoms with Gasteiger partial charge in [-0.05, 0) is 53.2 Å². The van der Waals surface area contributed by atoms with Crippen LogP contribution in [-0.2, 0) is 6.61 Å². The van der Waals surface area contributed by atoms with Crippen LogP contribution in [-0.4, -0.2) is 6.54 Å². The number of hydrogen-bond donors (Lipinski definition) is 1. The highest BCUT2D eigenvalue weighted by Crippen LogP contribution is 2.23. The second-order valence-electron chi connectivity index (χ2n) is 4.85. The maximum Gasteiger partial charge on any atom is 0.137 e. The topological polar surface area (TPSA) is 21.3 Å². The molecule has 0 spiro atoms. The molecule has 0 radical (unpaired) electrons. The molecule has 1 atom stereocenters. The summed E-state index contributed by atoms with van der Waals surface area (Å²) in [6.07, 6.45) is 0. The van der Waals surface area contributed by atoms with Gasteiger partial charge in [0.25, 0.3) is 0 Å². The molecule has 4 heteroatoms. The number of halogens is 2. The van der Waals surface area contributed by atoms with E-state index in [1.807, 2.05) is 30.3 Å². The Hall–Kier alpha value is -1.39. The normalized spacial score (nSPS) is 12.2. The summed E-state index contributed by atoms with van der Waals surface area (Å²) in [4.78, 5) is 0. The van der Waals surface area contributed by atoms with E-state index in [-0.39, 0.29) is 5.82 Å². The first-order valence-corrected chi connectivity index (χ1v) is 7.80. The molecule has 2 aromatic rings. The lowest BCUT2D eigenvalue weighted by molar-refractivity contribution is 0.304. The van der Waals surface area contributed by atoms with Crippen molar-refractivity contribution in [2.75, 3.05) is 6.54 Å². The predicted octanol–water partition coefficient (Wildman–Crippen LogP) is 4.84. The Morgan fingerprint density at radius 3 is 2.57 bits per heavy atom. The highest BCUT2D eigenvalue weighted by Gasteiger charge is 2.07. The van der Waals surface area contributed by atoms with Gasteiger partial charge in [-0.15, -0.1) is 0 Å². The van der Waals surface area contributed by atoms with Crippen molar-refractivity contribution in [3.63, 3.8) is 0 Å². The summed E-state index contributed by atoms with van der Waals surface area (Å²) in [5.41, 5.74) is 2.01. The molecular weight excluding hydrogens is 333 g/mol. The van der Waals surface area contributed by atoms with Crippen molar-refractivity contribution in [2.45, 2.75) is 26.5 Å². The molecule has 0 amide bonds. The minimum atomic E-state index is -0.272. The minimum absolute atomic E-state index is 0.272. The lowest BCUT2D eigenvalue weighted by atomic mass is 10.1. The van der Waals surface area contributed by atoms with Gasteiger partial charge >= 0.3 is 0 Å². The molecule has 0 fully saturated rings. The van der Waals surface area contributed by atoms with Crippen LogP contribution in [0.2, 0.25) is 0 Å². The van der Waals surface area contributed by atoms with Crippen LogP contribution in [0.3, 0.4) is 0 Å². The van der Waals surface area contributed by atoms with Crippen molar-refractivity contribution >= 4 is 15.9 Å². The number of rotatable bonds is 6. The molecule has 0 aliphatic heterocycles. The summed E-state index contributed by atoms with van der Waals surface area (Å²) in [7, 11) is 0. The number of hydrogen-bond acceptors (Lipinski definition) is 2. The molecular formula is C17H19BrFNO. The van der Waals surface area contributed by atoms with Crippen LogP contribution in [0.15, 0.2) is 46.9 Å². The summed E-state index contributed by atoms with van der Waals surface area (Å²) in [5.74, 6) is 0.504. The summed E-state index contributed by atoms with van der Waals surface area (Å²) in [5, 5.41) is 3.36. The smallest absolute Gasteiger partial charge is 0.137 e. The van der Waals surface area contributed by atoms with Crippen molar-refractivity contribution in [3.8, 4) is 5.75 Å². The van der Waals surface area contributed by atoms with Crippen LogP contribution in [0.5, 0.6) is 5.75 Å². The van der Waals surface area contributed by atoms with E-state index in [2.05, 4.69) is 35.1 Å². The standard InChI is InChI=1S/C17H19BrFNO/c1-3-20-12(2)13-7-9-15(10-8-13)21-11-14-5-4-6-16(19)17(14)18/h4-10,12,20H,3,11H2,1-2H3. The summed E-state index contributed by atoms with van der Waals surface area (Å²) >= 11 is 3.24. The van der Waals surface area contributed by atoms with Crippen LogP contribution < -0.4 is 10.1 Å². The maximum absolute atomic E-state index is 13.4. The Bertz CT molecular complexity index is 586. The fourth-order valence-corrected chi connectivity index (χ4v) is 2.48. The van der Waals surface area contributed by atoms with Crippen molar-refractivity contribution in [1.82, 2.24) is 5.32 Å². The summed E-state index contributed by atoms with van der Waals surface area (Å²) < 4.78 is 19.6. The maximum atomic E-state index is 13.4. The van der Waals surface area contributed by atoms with Gasteiger partial charge in [0.15, 0.2) is 0 Å². The van der Waals surface area contributed by atoms with E-state index in [4.69, 9.17) is 4.74 Å². The summed E-state index contributed by atoms with van der Waals surface area (Å²) in [6, 6.07) is 13.2. The second-order valence-corrected chi connectivity index (χ2v) is 5.64. The van der Waals surface area contributed by atoms with Gasteiger partial charge in [-0.25, -0.2) is 4.39 Å². The fourth-order valence-electron chi connectivity index (χ4n) is 2.10. The van der Waals surface area contributed by atoms with Crippen LogP contribution in [0.4, 0.5) is 4.39 Å². The highest BCUT2D eigenvalue weighted by molar-refractivity contribution is 9.10. The van der Waals surface area contributed by atoms with Gasteiger partial charge in [-0.2, -0.15) is 0 Å². The van der Waals surface area contributed by atoms with Gasteiger partial charge in [0.05, 0.1) is 4.47 Å². The number of nitrogens with one attached hydrogen (secondary N) is 1. The van der Waals surface area contributed by atoms with Crippen molar-refractivity contribution in [1.29, 1.82) is 0 Å². The minimum Gasteiger partial charge on any atom is -0.489 e. The Morgan fingerprint density at radius 1 is 1.19 bits per heavy atom. The SMILES string of the molecule is CCNC(C)c1ccc(OCc2cccc(F)c2Br)cc1. The van der Waals surface area contributed by atoms with Gasteiger partial charge in [-0.3, -0.25) is 0 Å². The third kappa shape index (κ3) is 4.29. The van der Waals surface area contributed by atoms with Crippen molar-refractivity contribution in [3.05, 3.63) is 63.9 Å². The first kappa shape index (κ1) is 16.0. The molecule has 0 bridgehead atoms. The molecule has 1 unspecified atom stereocenters. The van der Waals surface area contributed by atoms with E-state index >= 15 is 0 Å². The highest BCUT2D eigenvalue weighted by atomic mass is 79.9. The van der Waals surface area contributed by atoms with Gasteiger partial charge in [0.2, 0.25) is 0 Å². The average Bonchev–Trinajstić information content (AvgIpc) is 2.49. The number of benzene rings is 2. The molecule has 0 saturated heterocycles. The zero-order valence-corrected chi connectivity index (χ0v) is 13.8. The molecule has 0 saturated carbocycles. The Balaban J connectivity index is 1.99. The molecule has 0 aliphatic carbocycles. The van der Waals surface area contributed by atoms with E-state index in [1.54, 1.807) is 6.07 Å². The van der Waals surface area contributed by atoms with Crippen LogP contribution in [0.25, 0.3) is 0 Å². The molecule has 2 nitrogen and oxygen atoms in total. The largest absolute Gasteiger partial charge is 0.489 e. The Morgan fingerprint density at radius 2 is 1.90 bits per heavy atom. The zero-order valence-electron chi connectivity index (χ0n) is 12.2. The van der Waals surface area contributed by atoms with Gasteiger partial charge in [-0.1, -0.05) is 31.2 Å². The van der Waals surface area contributed by atoms with E-state index in [0.29, 0.717) is 17.1 Å². The molecule has 1 N–H and O–H groups in total. The first-order chi connectivity index (χ1) is 10.1. The Kier molecular flexibility index (Phi) is 5.76.